The normalized spacial score (nSPS) is 29.9. The summed E-state index contributed by atoms with van der Waals surface area (Å²) in [5.74, 6) is 0. The van der Waals surface area contributed by atoms with E-state index in [1.54, 1.807) is 0 Å². The number of benzene rings is 1. The molecule has 20 heavy (non-hydrogen) atoms. The Balaban J connectivity index is 1.91. The van der Waals surface area contributed by atoms with E-state index in [1.165, 1.54) is 43.2 Å². The average molecular weight is 272 g/mol. The lowest BCUT2D eigenvalue weighted by Crippen LogP contribution is -2.64. The number of nitrogens with two attached hydrogens (primary N) is 1. The van der Waals surface area contributed by atoms with Gasteiger partial charge in [-0.3, -0.25) is 4.90 Å². The quantitative estimate of drug-likeness (QED) is 0.894. The Morgan fingerprint density at radius 3 is 2.50 bits per heavy atom. The highest BCUT2D eigenvalue weighted by Gasteiger charge is 2.49. The monoisotopic (exact) mass is 272 g/mol. The largest absolute Gasteiger partial charge is 0.329 e. The second kappa shape index (κ2) is 5.16. The van der Waals surface area contributed by atoms with Crippen molar-refractivity contribution in [2.45, 2.75) is 58.0 Å². The predicted octanol–water partition coefficient (Wildman–Crippen LogP) is 3.34. The zero-order valence-electron chi connectivity index (χ0n) is 13.0. The molecular formula is C18H28N2. The van der Waals surface area contributed by atoms with E-state index in [0.717, 1.165) is 19.6 Å². The van der Waals surface area contributed by atoms with E-state index in [1.807, 2.05) is 0 Å². The van der Waals surface area contributed by atoms with E-state index >= 15 is 0 Å². The van der Waals surface area contributed by atoms with E-state index in [4.69, 9.17) is 5.73 Å². The van der Waals surface area contributed by atoms with Gasteiger partial charge in [-0.25, -0.2) is 0 Å². The van der Waals surface area contributed by atoms with Crippen molar-refractivity contribution in [3.8, 4) is 0 Å². The van der Waals surface area contributed by atoms with Gasteiger partial charge in [-0.2, -0.15) is 0 Å². The number of hydrogen-bond donors (Lipinski definition) is 1. The molecule has 1 atom stereocenters. The van der Waals surface area contributed by atoms with Gasteiger partial charge in [0.05, 0.1) is 0 Å². The minimum absolute atomic E-state index is 0.193. The molecule has 0 spiro atoms. The molecule has 1 unspecified atom stereocenters. The van der Waals surface area contributed by atoms with Crippen molar-refractivity contribution in [3.63, 3.8) is 0 Å². The highest BCUT2D eigenvalue weighted by atomic mass is 15.2. The van der Waals surface area contributed by atoms with E-state index in [2.05, 4.69) is 43.0 Å². The molecule has 3 rings (SSSR count). The van der Waals surface area contributed by atoms with Crippen LogP contribution in [0.2, 0.25) is 0 Å². The first kappa shape index (κ1) is 14.1. The smallest absolute Gasteiger partial charge is 0.0386 e. The molecule has 0 aromatic heterocycles. The van der Waals surface area contributed by atoms with Crippen LogP contribution in [0, 0.1) is 5.41 Å². The van der Waals surface area contributed by atoms with Gasteiger partial charge in [-0.1, -0.05) is 51.0 Å². The van der Waals surface area contributed by atoms with E-state index < -0.39 is 0 Å². The first-order chi connectivity index (χ1) is 9.59. The lowest BCUT2D eigenvalue weighted by molar-refractivity contribution is -0.0520. The van der Waals surface area contributed by atoms with Crippen molar-refractivity contribution >= 4 is 0 Å². The minimum Gasteiger partial charge on any atom is -0.329 e. The highest BCUT2D eigenvalue weighted by molar-refractivity contribution is 5.30. The molecule has 0 amide bonds. The molecule has 0 radical (unpaired) electrons. The number of fused-ring (bicyclic) bond motifs is 1. The third-order valence-corrected chi connectivity index (χ3v) is 5.98. The fourth-order valence-corrected chi connectivity index (χ4v) is 4.51. The summed E-state index contributed by atoms with van der Waals surface area (Å²) >= 11 is 0. The van der Waals surface area contributed by atoms with Crippen LogP contribution in [-0.2, 0) is 13.0 Å². The molecule has 110 valence electrons. The SMILES string of the molecule is CC1(C)CCCCC1(CN)N1CCc2ccccc2C1. The van der Waals surface area contributed by atoms with Crippen LogP contribution in [0.5, 0.6) is 0 Å². The van der Waals surface area contributed by atoms with Gasteiger partial charge in [0.2, 0.25) is 0 Å². The molecular weight excluding hydrogens is 244 g/mol. The van der Waals surface area contributed by atoms with Gasteiger partial charge in [0.1, 0.15) is 0 Å². The average Bonchev–Trinajstić information content (AvgIpc) is 2.47. The summed E-state index contributed by atoms with van der Waals surface area (Å²) in [5.41, 5.74) is 9.88. The predicted molar refractivity (Wildman–Crippen MR) is 84.6 cm³/mol. The lowest BCUT2D eigenvalue weighted by Gasteiger charge is -2.57. The summed E-state index contributed by atoms with van der Waals surface area (Å²) < 4.78 is 0. The number of nitrogens with zero attached hydrogens (tertiary/aromatic N) is 1. The maximum atomic E-state index is 6.32. The van der Waals surface area contributed by atoms with Gasteiger partial charge in [-0.15, -0.1) is 0 Å². The second-order valence-corrected chi connectivity index (χ2v) is 7.27. The Morgan fingerprint density at radius 2 is 1.80 bits per heavy atom. The van der Waals surface area contributed by atoms with Crippen molar-refractivity contribution in [1.29, 1.82) is 0 Å². The molecule has 1 aliphatic carbocycles. The fraction of sp³-hybridized carbons (Fsp3) is 0.667. The van der Waals surface area contributed by atoms with E-state index in [-0.39, 0.29) is 5.54 Å². The number of hydrogen-bond acceptors (Lipinski definition) is 2. The molecule has 2 nitrogen and oxygen atoms in total. The van der Waals surface area contributed by atoms with Crippen LogP contribution in [0.1, 0.15) is 50.7 Å². The van der Waals surface area contributed by atoms with Crippen LogP contribution in [0.3, 0.4) is 0 Å². The maximum Gasteiger partial charge on any atom is 0.0386 e. The molecule has 1 heterocycles. The van der Waals surface area contributed by atoms with Gasteiger partial charge in [0.15, 0.2) is 0 Å². The van der Waals surface area contributed by atoms with Gasteiger partial charge in [0.25, 0.3) is 0 Å². The summed E-state index contributed by atoms with van der Waals surface area (Å²) in [7, 11) is 0. The van der Waals surface area contributed by atoms with Crippen LogP contribution in [0.25, 0.3) is 0 Å². The van der Waals surface area contributed by atoms with E-state index in [9.17, 15) is 0 Å². The molecule has 0 saturated heterocycles. The van der Waals surface area contributed by atoms with Crippen LogP contribution >= 0.6 is 0 Å². The first-order valence-corrected chi connectivity index (χ1v) is 8.11. The molecule has 2 heteroatoms. The Labute approximate surface area is 123 Å². The first-order valence-electron chi connectivity index (χ1n) is 8.11. The molecule has 1 aliphatic heterocycles. The molecule has 2 aliphatic rings. The molecule has 2 N–H and O–H groups in total. The summed E-state index contributed by atoms with van der Waals surface area (Å²) in [6, 6.07) is 8.91. The van der Waals surface area contributed by atoms with Crippen LogP contribution in [0.4, 0.5) is 0 Å². The minimum atomic E-state index is 0.193. The lowest BCUT2D eigenvalue weighted by atomic mass is 9.61. The highest BCUT2D eigenvalue weighted by Crippen LogP contribution is 2.48. The van der Waals surface area contributed by atoms with Crippen LogP contribution < -0.4 is 5.73 Å². The van der Waals surface area contributed by atoms with Gasteiger partial charge in [-0.05, 0) is 35.8 Å². The fourth-order valence-electron chi connectivity index (χ4n) is 4.51. The van der Waals surface area contributed by atoms with Crippen molar-refractivity contribution in [1.82, 2.24) is 4.90 Å². The molecule has 1 aromatic carbocycles. The summed E-state index contributed by atoms with van der Waals surface area (Å²) in [4.78, 5) is 2.70. The second-order valence-electron chi connectivity index (χ2n) is 7.27. The molecule has 1 aromatic rings. The topological polar surface area (TPSA) is 29.3 Å². The Bertz CT molecular complexity index is 480. The van der Waals surface area contributed by atoms with Crippen molar-refractivity contribution in [2.24, 2.45) is 11.1 Å². The zero-order chi connectivity index (χ0) is 14.2. The third kappa shape index (κ3) is 2.10. The van der Waals surface area contributed by atoms with E-state index in [0.29, 0.717) is 5.41 Å². The van der Waals surface area contributed by atoms with Crippen molar-refractivity contribution in [2.75, 3.05) is 13.1 Å². The summed E-state index contributed by atoms with van der Waals surface area (Å²) in [6.45, 7) is 7.90. The van der Waals surface area contributed by atoms with Crippen LogP contribution in [0.15, 0.2) is 24.3 Å². The molecule has 1 fully saturated rings. The maximum absolute atomic E-state index is 6.32. The van der Waals surface area contributed by atoms with Gasteiger partial charge >= 0.3 is 0 Å². The van der Waals surface area contributed by atoms with Gasteiger partial charge < -0.3 is 5.73 Å². The summed E-state index contributed by atoms with van der Waals surface area (Å²) in [6.07, 6.45) is 6.44. The molecule has 1 saturated carbocycles. The standard InChI is InChI=1S/C18H28N2/c1-17(2)10-5-6-11-18(17,14-19)20-12-9-15-7-3-4-8-16(15)13-20/h3-4,7-8H,5-6,9-14,19H2,1-2H3. The van der Waals surface area contributed by atoms with Crippen LogP contribution in [-0.4, -0.2) is 23.5 Å². The van der Waals surface area contributed by atoms with Gasteiger partial charge in [0, 0.05) is 25.2 Å². The van der Waals surface area contributed by atoms with Crippen molar-refractivity contribution in [3.05, 3.63) is 35.4 Å². The third-order valence-electron chi connectivity index (χ3n) is 5.98. The number of rotatable bonds is 2. The zero-order valence-corrected chi connectivity index (χ0v) is 13.0. The summed E-state index contributed by atoms with van der Waals surface area (Å²) in [5, 5.41) is 0. The van der Waals surface area contributed by atoms with Crippen molar-refractivity contribution < 1.29 is 0 Å². The Morgan fingerprint density at radius 1 is 1.10 bits per heavy atom. The Hall–Kier alpha value is -0.860. The molecule has 0 bridgehead atoms. The Kier molecular flexibility index (Phi) is 3.64.